The van der Waals surface area contributed by atoms with Gasteiger partial charge in [-0.25, -0.2) is 13.1 Å². The van der Waals surface area contributed by atoms with Gasteiger partial charge in [0.1, 0.15) is 11.4 Å². The SMILES string of the molecule is O=C(O)Cn1cc(S(=O)(=O)NCC2CCCC2CO)cn1. The maximum absolute atomic E-state index is 12.1. The summed E-state index contributed by atoms with van der Waals surface area (Å²) in [4.78, 5) is 10.5. The highest BCUT2D eigenvalue weighted by Crippen LogP contribution is 2.30. The average Bonchev–Trinajstić information content (AvgIpc) is 3.04. The Hall–Kier alpha value is -1.45. The van der Waals surface area contributed by atoms with E-state index in [0.29, 0.717) is 0 Å². The Kier molecular flexibility index (Phi) is 4.96. The Morgan fingerprint density at radius 1 is 1.43 bits per heavy atom. The molecule has 0 spiro atoms. The molecule has 0 radical (unpaired) electrons. The number of hydrogen-bond donors (Lipinski definition) is 3. The Balaban J connectivity index is 1.98. The quantitative estimate of drug-likeness (QED) is 0.632. The monoisotopic (exact) mass is 317 g/mol. The first-order valence-corrected chi connectivity index (χ1v) is 8.25. The number of aromatic nitrogens is 2. The van der Waals surface area contributed by atoms with Gasteiger partial charge in [0, 0.05) is 19.3 Å². The molecule has 1 fully saturated rings. The molecule has 1 aliphatic carbocycles. The topological polar surface area (TPSA) is 122 Å². The Morgan fingerprint density at radius 2 is 2.14 bits per heavy atom. The number of aliphatic carboxylic acids is 1. The first-order valence-electron chi connectivity index (χ1n) is 6.77. The molecular weight excluding hydrogens is 298 g/mol. The van der Waals surface area contributed by atoms with E-state index in [0.717, 1.165) is 30.1 Å². The standard InChI is InChI=1S/C12H19N3O5S/c16-8-10-3-1-2-9(10)4-14-21(19,20)11-5-13-15(6-11)7-12(17)18/h5-6,9-10,14,16H,1-4,7-8H2,(H,17,18). The van der Waals surface area contributed by atoms with Crippen LogP contribution in [-0.2, 0) is 21.4 Å². The number of aliphatic hydroxyl groups is 1. The van der Waals surface area contributed by atoms with Crippen LogP contribution in [0, 0.1) is 11.8 Å². The fourth-order valence-electron chi connectivity index (χ4n) is 2.63. The van der Waals surface area contributed by atoms with E-state index in [1.807, 2.05) is 0 Å². The van der Waals surface area contributed by atoms with Crippen molar-refractivity contribution in [2.75, 3.05) is 13.2 Å². The van der Waals surface area contributed by atoms with E-state index in [1.165, 1.54) is 6.20 Å². The number of carboxylic acids is 1. The van der Waals surface area contributed by atoms with E-state index in [9.17, 15) is 18.3 Å². The molecule has 2 unspecified atom stereocenters. The largest absolute Gasteiger partial charge is 0.480 e. The Morgan fingerprint density at radius 3 is 2.81 bits per heavy atom. The number of carbonyl (C=O) groups is 1. The van der Waals surface area contributed by atoms with Crippen molar-refractivity contribution in [2.45, 2.75) is 30.7 Å². The molecule has 1 aromatic heterocycles. The van der Waals surface area contributed by atoms with Gasteiger partial charge >= 0.3 is 5.97 Å². The molecule has 21 heavy (non-hydrogen) atoms. The maximum atomic E-state index is 12.1. The summed E-state index contributed by atoms with van der Waals surface area (Å²) in [5, 5.41) is 21.6. The molecule has 0 bridgehead atoms. The minimum atomic E-state index is -3.70. The van der Waals surface area contributed by atoms with Gasteiger partial charge < -0.3 is 10.2 Å². The second kappa shape index (κ2) is 6.54. The van der Waals surface area contributed by atoms with E-state index < -0.39 is 16.0 Å². The number of rotatable bonds is 7. The van der Waals surface area contributed by atoms with Gasteiger partial charge in [0.25, 0.3) is 0 Å². The molecule has 2 atom stereocenters. The third-order valence-electron chi connectivity index (χ3n) is 3.80. The molecule has 0 saturated heterocycles. The summed E-state index contributed by atoms with van der Waals surface area (Å²) >= 11 is 0. The van der Waals surface area contributed by atoms with Crippen LogP contribution in [0.25, 0.3) is 0 Å². The predicted molar refractivity (Wildman–Crippen MR) is 73.0 cm³/mol. The van der Waals surface area contributed by atoms with Crippen molar-refractivity contribution in [1.82, 2.24) is 14.5 Å². The zero-order valence-corrected chi connectivity index (χ0v) is 12.3. The smallest absolute Gasteiger partial charge is 0.325 e. The number of sulfonamides is 1. The summed E-state index contributed by atoms with van der Waals surface area (Å²) in [5.41, 5.74) is 0. The highest BCUT2D eigenvalue weighted by atomic mass is 32.2. The van der Waals surface area contributed by atoms with Crippen molar-refractivity contribution >= 4 is 16.0 Å². The van der Waals surface area contributed by atoms with Crippen LogP contribution in [0.5, 0.6) is 0 Å². The lowest BCUT2D eigenvalue weighted by molar-refractivity contribution is -0.137. The van der Waals surface area contributed by atoms with Gasteiger partial charge in [-0.2, -0.15) is 5.10 Å². The molecule has 1 saturated carbocycles. The van der Waals surface area contributed by atoms with Crippen molar-refractivity contribution in [3.8, 4) is 0 Å². The number of nitrogens with one attached hydrogen (secondary N) is 1. The van der Waals surface area contributed by atoms with Crippen LogP contribution in [0.1, 0.15) is 19.3 Å². The van der Waals surface area contributed by atoms with Gasteiger partial charge in [0.05, 0.1) is 6.20 Å². The van der Waals surface area contributed by atoms with Crippen molar-refractivity contribution in [3.63, 3.8) is 0 Å². The van der Waals surface area contributed by atoms with E-state index in [1.54, 1.807) is 0 Å². The molecule has 9 heteroatoms. The lowest BCUT2D eigenvalue weighted by Crippen LogP contribution is -2.31. The fraction of sp³-hybridized carbons (Fsp3) is 0.667. The maximum Gasteiger partial charge on any atom is 0.325 e. The summed E-state index contributed by atoms with van der Waals surface area (Å²) in [6.45, 7) is -0.0364. The third kappa shape index (κ3) is 4.02. The van der Waals surface area contributed by atoms with Gasteiger partial charge in [-0.1, -0.05) is 6.42 Å². The highest BCUT2D eigenvalue weighted by Gasteiger charge is 2.28. The van der Waals surface area contributed by atoms with Gasteiger partial charge in [-0.15, -0.1) is 0 Å². The zero-order chi connectivity index (χ0) is 15.5. The average molecular weight is 317 g/mol. The van der Waals surface area contributed by atoms with Crippen LogP contribution >= 0.6 is 0 Å². The molecule has 1 aliphatic rings. The molecule has 2 rings (SSSR count). The molecular formula is C12H19N3O5S. The number of carboxylic acid groups (broad SMARTS) is 1. The van der Waals surface area contributed by atoms with Crippen LogP contribution in [0.2, 0.25) is 0 Å². The highest BCUT2D eigenvalue weighted by molar-refractivity contribution is 7.89. The molecule has 0 aliphatic heterocycles. The van der Waals surface area contributed by atoms with Gasteiger partial charge in [-0.05, 0) is 24.7 Å². The second-order valence-corrected chi connectivity index (χ2v) is 7.02. The van der Waals surface area contributed by atoms with Crippen LogP contribution < -0.4 is 4.72 Å². The summed E-state index contributed by atoms with van der Waals surface area (Å²) in [5.74, 6) is -0.812. The zero-order valence-electron chi connectivity index (χ0n) is 11.5. The van der Waals surface area contributed by atoms with Crippen LogP contribution in [0.4, 0.5) is 0 Å². The minimum Gasteiger partial charge on any atom is -0.480 e. The van der Waals surface area contributed by atoms with Crippen molar-refractivity contribution in [3.05, 3.63) is 12.4 Å². The molecule has 8 nitrogen and oxygen atoms in total. The lowest BCUT2D eigenvalue weighted by atomic mass is 9.97. The van der Waals surface area contributed by atoms with Gasteiger partial charge in [-0.3, -0.25) is 9.48 Å². The summed E-state index contributed by atoms with van der Waals surface area (Å²) < 4.78 is 27.8. The first-order chi connectivity index (χ1) is 9.92. The minimum absolute atomic E-state index is 0.0534. The Labute approximate surface area is 122 Å². The van der Waals surface area contributed by atoms with Crippen LogP contribution in [0.15, 0.2) is 17.3 Å². The second-order valence-electron chi connectivity index (χ2n) is 5.25. The molecule has 118 valence electrons. The first kappa shape index (κ1) is 15.9. The summed E-state index contributed by atoms with van der Waals surface area (Å²) in [6, 6.07) is 0. The van der Waals surface area contributed by atoms with E-state index in [-0.39, 0.29) is 36.4 Å². The van der Waals surface area contributed by atoms with Crippen molar-refractivity contribution < 1.29 is 23.4 Å². The molecule has 1 aromatic rings. The molecule has 0 amide bonds. The normalized spacial score (nSPS) is 22.5. The van der Waals surface area contributed by atoms with E-state index >= 15 is 0 Å². The number of nitrogens with zero attached hydrogens (tertiary/aromatic N) is 2. The molecule has 1 heterocycles. The Bertz CT molecular complexity index is 598. The predicted octanol–water partition coefficient (Wildman–Crippen LogP) is -0.345. The van der Waals surface area contributed by atoms with E-state index in [2.05, 4.69) is 9.82 Å². The van der Waals surface area contributed by atoms with Gasteiger partial charge in [0.15, 0.2) is 0 Å². The van der Waals surface area contributed by atoms with Crippen LogP contribution in [0.3, 0.4) is 0 Å². The molecule has 0 aromatic carbocycles. The van der Waals surface area contributed by atoms with Crippen LogP contribution in [-0.4, -0.2) is 47.5 Å². The number of hydrogen-bond acceptors (Lipinski definition) is 5. The lowest BCUT2D eigenvalue weighted by Gasteiger charge is -2.17. The number of aliphatic hydroxyl groups excluding tert-OH is 1. The summed E-state index contributed by atoms with van der Waals surface area (Å²) in [6.07, 6.45) is 5.12. The third-order valence-corrected chi connectivity index (χ3v) is 5.18. The van der Waals surface area contributed by atoms with Crippen molar-refractivity contribution in [1.29, 1.82) is 0 Å². The van der Waals surface area contributed by atoms with Gasteiger partial charge in [0.2, 0.25) is 10.0 Å². The van der Waals surface area contributed by atoms with E-state index in [4.69, 9.17) is 5.11 Å². The molecule has 3 N–H and O–H groups in total. The fourth-order valence-corrected chi connectivity index (χ4v) is 3.68. The summed E-state index contributed by atoms with van der Waals surface area (Å²) in [7, 11) is -3.70. The van der Waals surface area contributed by atoms with Crippen molar-refractivity contribution in [2.24, 2.45) is 11.8 Å².